The van der Waals surface area contributed by atoms with Gasteiger partial charge in [0.2, 0.25) is 0 Å². The Morgan fingerprint density at radius 2 is 1.05 bits per heavy atom. The molecular formula is C36H33BO3. The molecule has 0 aliphatic carbocycles. The molecule has 0 heterocycles. The molecule has 3 nitrogen and oxygen atoms in total. The molecule has 0 aliphatic heterocycles. The van der Waals surface area contributed by atoms with E-state index in [4.69, 9.17) is 4.65 Å². The second-order valence-electron chi connectivity index (χ2n) is 10.6. The molecule has 0 aromatic heterocycles. The van der Waals surface area contributed by atoms with Crippen molar-refractivity contribution in [2.75, 3.05) is 0 Å². The van der Waals surface area contributed by atoms with E-state index in [9.17, 15) is 10.0 Å². The largest absolute Gasteiger partial charge is 0.634 e. The summed E-state index contributed by atoms with van der Waals surface area (Å²) in [7, 11) is -1.97. The van der Waals surface area contributed by atoms with E-state index in [0.717, 1.165) is 62.9 Å². The molecule has 0 saturated carbocycles. The third-order valence-corrected chi connectivity index (χ3v) is 8.16. The van der Waals surface area contributed by atoms with Gasteiger partial charge in [-0.15, -0.1) is 0 Å². The van der Waals surface area contributed by atoms with Crippen molar-refractivity contribution in [3.05, 3.63) is 144 Å². The highest BCUT2D eigenvalue weighted by atomic mass is 16.6. The van der Waals surface area contributed by atoms with Crippen molar-refractivity contribution in [3.63, 3.8) is 0 Å². The van der Waals surface area contributed by atoms with Crippen molar-refractivity contribution in [3.8, 4) is 0 Å². The molecule has 6 aromatic carbocycles. The predicted molar refractivity (Wildman–Crippen MR) is 166 cm³/mol. The number of rotatable bonds is 9. The fourth-order valence-electron chi connectivity index (χ4n) is 6.23. The van der Waals surface area contributed by atoms with Crippen LogP contribution in [0.25, 0.3) is 32.3 Å². The van der Waals surface area contributed by atoms with Crippen LogP contribution in [0.4, 0.5) is 0 Å². The van der Waals surface area contributed by atoms with Gasteiger partial charge in [0.15, 0.2) is 0 Å². The normalized spacial score (nSPS) is 12.7. The lowest BCUT2D eigenvalue weighted by Crippen LogP contribution is -2.43. The molecule has 0 fully saturated rings. The summed E-state index contributed by atoms with van der Waals surface area (Å²) in [6.07, 6.45) is 2.78. The minimum absolute atomic E-state index is 0.193. The van der Waals surface area contributed by atoms with Gasteiger partial charge in [-0.3, -0.25) is 0 Å². The topological polar surface area (TPSA) is 49.7 Å². The smallest absolute Gasteiger partial charge is 0.402 e. The lowest BCUT2D eigenvalue weighted by Gasteiger charge is -2.43. The van der Waals surface area contributed by atoms with Crippen molar-refractivity contribution < 1.29 is 14.7 Å². The van der Waals surface area contributed by atoms with Crippen molar-refractivity contribution in [1.82, 2.24) is 0 Å². The van der Waals surface area contributed by atoms with E-state index in [2.05, 4.69) is 110 Å². The van der Waals surface area contributed by atoms with Crippen LogP contribution in [0.5, 0.6) is 0 Å². The minimum atomic E-state index is -1.97. The molecule has 198 valence electrons. The van der Waals surface area contributed by atoms with E-state index >= 15 is 0 Å². The number of hydrogen-bond donors (Lipinski definition) is 2. The fourth-order valence-corrected chi connectivity index (χ4v) is 6.23. The highest BCUT2D eigenvalue weighted by Gasteiger charge is 2.46. The Labute approximate surface area is 235 Å². The maximum absolute atomic E-state index is 10.6. The summed E-state index contributed by atoms with van der Waals surface area (Å²) >= 11 is 0. The summed E-state index contributed by atoms with van der Waals surface area (Å²) in [6.45, 7) is 2.19. The summed E-state index contributed by atoms with van der Waals surface area (Å²) in [5, 5.41) is 27.9. The quantitative estimate of drug-likeness (QED) is 0.187. The lowest BCUT2D eigenvalue weighted by atomic mass is 9.69. The second kappa shape index (κ2) is 11.3. The Kier molecular flexibility index (Phi) is 7.40. The van der Waals surface area contributed by atoms with Crippen LogP contribution in [-0.2, 0) is 10.3 Å². The molecule has 1 unspecified atom stereocenters. The first-order valence-corrected chi connectivity index (χ1v) is 14.1. The molecule has 6 rings (SSSR count). The Morgan fingerprint density at radius 3 is 1.52 bits per heavy atom. The molecule has 6 aromatic rings. The Morgan fingerprint density at radius 1 is 0.600 bits per heavy atom. The van der Waals surface area contributed by atoms with Gasteiger partial charge >= 0.3 is 7.32 Å². The summed E-state index contributed by atoms with van der Waals surface area (Å²) in [5.74, 6) is -0.193. The van der Waals surface area contributed by atoms with Crippen LogP contribution in [-0.4, -0.2) is 17.4 Å². The first-order valence-electron chi connectivity index (χ1n) is 14.1. The molecule has 0 saturated heterocycles. The number of hydrogen-bond acceptors (Lipinski definition) is 3. The van der Waals surface area contributed by atoms with Crippen LogP contribution >= 0.6 is 0 Å². The average Bonchev–Trinajstić information content (AvgIpc) is 2.99. The average molecular weight is 524 g/mol. The van der Waals surface area contributed by atoms with Crippen molar-refractivity contribution in [2.45, 2.75) is 37.7 Å². The molecule has 0 spiro atoms. The first-order chi connectivity index (χ1) is 19.6. The van der Waals surface area contributed by atoms with Crippen molar-refractivity contribution in [1.29, 1.82) is 0 Å². The Bertz CT molecular complexity index is 1700. The van der Waals surface area contributed by atoms with Gasteiger partial charge in [0, 0.05) is 5.92 Å². The van der Waals surface area contributed by atoms with Crippen molar-refractivity contribution in [2.24, 2.45) is 0 Å². The minimum Gasteiger partial charge on any atom is -0.402 e. The van der Waals surface area contributed by atoms with Gasteiger partial charge < -0.3 is 14.7 Å². The third-order valence-electron chi connectivity index (χ3n) is 8.16. The maximum atomic E-state index is 10.6. The van der Waals surface area contributed by atoms with Gasteiger partial charge in [-0.05, 0) is 67.6 Å². The number of benzene rings is 6. The molecule has 40 heavy (non-hydrogen) atoms. The van der Waals surface area contributed by atoms with E-state index in [1.165, 1.54) is 5.39 Å². The van der Waals surface area contributed by atoms with Gasteiger partial charge in [0.05, 0.1) is 0 Å². The summed E-state index contributed by atoms with van der Waals surface area (Å²) in [5.41, 5.74) is 1.72. The third kappa shape index (κ3) is 4.91. The number of unbranched alkanes of at least 4 members (excludes halogenated alkanes) is 1. The van der Waals surface area contributed by atoms with E-state index < -0.39 is 12.9 Å². The molecule has 2 N–H and O–H groups in total. The van der Waals surface area contributed by atoms with Crippen LogP contribution < -0.4 is 0 Å². The lowest BCUT2D eigenvalue weighted by molar-refractivity contribution is 0.0226. The SMILES string of the molecule is CCCCC(c1ccc2ccccc2c1)C(OB(O)O)(c1ccc2ccccc2c1)c1ccc2ccccc2c1. The fraction of sp³-hybridized carbons (Fsp3) is 0.167. The zero-order valence-electron chi connectivity index (χ0n) is 22.7. The first kappa shape index (κ1) is 26.3. The van der Waals surface area contributed by atoms with Crippen LogP contribution in [0.15, 0.2) is 127 Å². The summed E-state index contributed by atoms with van der Waals surface area (Å²) < 4.78 is 6.44. The maximum Gasteiger partial charge on any atom is 0.634 e. The Balaban J connectivity index is 1.68. The molecule has 0 radical (unpaired) electrons. The molecule has 0 aliphatic rings. The zero-order valence-corrected chi connectivity index (χ0v) is 22.7. The Hall–Kier alpha value is -3.96. The molecule has 0 bridgehead atoms. The van der Waals surface area contributed by atoms with E-state index in [0.29, 0.717) is 0 Å². The molecule has 4 heteroatoms. The highest BCUT2D eigenvalue weighted by Crippen LogP contribution is 2.50. The second-order valence-corrected chi connectivity index (χ2v) is 10.6. The van der Waals surface area contributed by atoms with Crippen LogP contribution in [0.1, 0.15) is 48.8 Å². The van der Waals surface area contributed by atoms with Gasteiger partial charge in [-0.25, -0.2) is 0 Å². The molecule has 0 amide bonds. The number of fused-ring (bicyclic) bond motifs is 3. The zero-order chi connectivity index (χ0) is 27.5. The monoisotopic (exact) mass is 524 g/mol. The van der Waals surface area contributed by atoms with E-state index in [1.807, 2.05) is 24.3 Å². The van der Waals surface area contributed by atoms with E-state index in [-0.39, 0.29) is 5.92 Å². The summed E-state index contributed by atoms with van der Waals surface area (Å²) in [4.78, 5) is 0. The van der Waals surface area contributed by atoms with Crippen LogP contribution in [0.2, 0.25) is 0 Å². The standard InChI is InChI=1S/C36H33BO3/c1-2-3-16-35(32-18-17-26-10-4-7-13-29(26)23-32)36(40-37(38)39,33-21-19-27-11-5-8-14-30(27)24-33)34-22-20-28-12-6-9-15-31(28)25-34/h4-15,17-25,35,38-39H,2-3,16H2,1H3. The van der Waals surface area contributed by atoms with Gasteiger partial charge in [0.25, 0.3) is 0 Å². The highest BCUT2D eigenvalue weighted by molar-refractivity contribution is 6.33. The van der Waals surface area contributed by atoms with Crippen LogP contribution in [0.3, 0.4) is 0 Å². The predicted octanol–water partition coefficient (Wildman–Crippen LogP) is 8.35. The van der Waals surface area contributed by atoms with Crippen molar-refractivity contribution >= 4 is 39.6 Å². The molecule has 1 atom stereocenters. The van der Waals surface area contributed by atoms with Gasteiger partial charge in [-0.2, -0.15) is 0 Å². The van der Waals surface area contributed by atoms with E-state index in [1.54, 1.807) is 0 Å². The van der Waals surface area contributed by atoms with Gasteiger partial charge in [-0.1, -0.05) is 135 Å². The summed E-state index contributed by atoms with van der Waals surface area (Å²) in [6, 6.07) is 44.1. The van der Waals surface area contributed by atoms with Crippen LogP contribution in [0, 0.1) is 0 Å². The molecular weight excluding hydrogens is 491 g/mol. The van der Waals surface area contributed by atoms with Gasteiger partial charge in [0.1, 0.15) is 5.60 Å².